The average Bonchev–Trinajstić information content (AvgIpc) is 3.09. The lowest BCUT2D eigenvalue weighted by molar-refractivity contribution is -0.128. The van der Waals surface area contributed by atoms with Crippen LogP contribution < -0.4 is 14.8 Å². The number of hydrogen-bond acceptors (Lipinski definition) is 4. The monoisotopic (exact) mass is 347 g/mol. The van der Waals surface area contributed by atoms with Gasteiger partial charge in [-0.2, -0.15) is 0 Å². The Kier molecular flexibility index (Phi) is 6.67. The van der Waals surface area contributed by atoms with Crippen molar-refractivity contribution in [1.29, 1.82) is 0 Å². The second-order valence-electron chi connectivity index (χ2n) is 6.14. The van der Waals surface area contributed by atoms with E-state index in [1.165, 1.54) is 4.88 Å². The first kappa shape index (κ1) is 18.3. The standard InChI is InChI=1S/C19H25NO3S/c1-13(2)12-17(18-6-5-11-24-18)20-19(21)14(3)23-16-9-7-15(22-4)8-10-16/h5-11,13-14,17H,12H2,1-4H3,(H,20,21). The molecule has 2 unspecified atom stereocenters. The molecule has 0 saturated carbocycles. The fourth-order valence-electron chi connectivity index (χ4n) is 2.41. The summed E-state index contributed by atoms with van der Waals surface area (Å²) in [5.74, 6) is 1.80. The Bertz CT molecular complexity index is 623. The van der Waals surface area contributed by atoms with Crippen LogP contribution in [-0.2, 0) is 4.79 Å². The Morgan fingerprint density at radius 1 is 1.12 bits per heavy atom. The van der Waals surface area contributed by atoms with Gasteiger partial charge in [0.2, 0.25) is 0 Å². The molecule has 0 spiro atoms. The molecule has 0 radical (unpaired) electrons. The van der Waals surface area contributed by atoms with Crippen molar-refractivity contribution >= 4 is 17.2 Å². The highest BCUT2D eigenvalue weighted by atomic mass is 32.1. The molecule has 2 aromatic rings. The molecule has 2 rings (SSSR count). The second kappa shape index (κ2) is 8.73. The van der Waals surface area contributed by atoms with Crippen molar-refractivity contribution in [2.75, 3.05) is 7.11 Å². The van der Waals surface area contributed by atoms with Gasteiger partial charge in [-0.1, -0.05) is 19.9 Å². The SMILES string of the molecule is COc1ccc(OC(C)C(=O)NC(CC(C)C)c2cccs2)cc1. The van der Waals surface area contributed by atoms with E-state index in [4.69, 9.17) is 9.47 Å². The van der Waals surface area contributed by atoms with Crippen LogP contribution in [0.3, 0.4) is 0 Å². The number of carbonyl (C=O) groups is 1. The lowest BCUT2D eigenvalue weighted by Gasteiger charge is -2.22. The summed E-state index contributed by atoms with van der Waals surface area (Å²) >= 11 is 1.67. The maximum atomic E-state index is 12.5. The zero-order valence-corrected chi connectivity index (χ0v) is 15.4. The summed E-state index contributed by atoms with van der Waals surface area (Å²) in [7, 11) is 1.62. The number of rotatable bonds is 8. The predicted octanol–water partition coefficient (Wildman–Crippen LogP) is 4.43. The smallest absolute Gasteiger partial charge is 0.261 e. The number of ether oxygens (including phenoxy) is 2. The van der Waals surface area contributed by atoms with E-state index in [-0.39, 0.29) is 11.9 Å². The number of amides is 1. The van der Waals surface area contributed by atoms with Gasteiger partial charge >= 0.3 is 0 Å². The summed E-state index contributed by atoms with van der Waals surface area (Å²) < 4.78 is 10.9. The molecule has 0 aliphatic heterocycles. The third-order valence-electron chi connectivity index (χ3n) is 3.65. The first-order valence-corrected chi connectivity index (χ1v) is 9.02. The van der Waals surface area contributed by atoms with E-state index in [2.05, 4.69) is 25.2 Å². The second-order valence-corrected chi connectivity index (χ2v) is 7.12. The summed E-state index contributed by atoms with van der Waals surface area (Å²) in [6, 6.07) is 11.3. The first-order chi connectivity index (χ1) is 11.5. The van der Waals surface area contributed by atoms with Crippen LogP contribution >= 0.6 is 11.3 Å². The van der Waals surface area contributed by atoms with Gasteiger partial charge in [-0.25, -0.2) is 0 Å². The van der Waals surface area contributed by atoms with E-state index in [9.17, 15) is 4.79 Å². The normalized spacial score (nSPS) is 13.4. The molecule has 4 nitrogen and oxygen atoms in total. The number of benzene rings is 1. The highest BCUT2D eigenvalue weighted by Crippen LogP contribution is 2.25. The number of methoxy groups -OCH3 is 1. The molecule has 1 aromatic heterocycles. The van der Waals surface area contributed by atoms with Crippen molar-refractivity contribution < 1.29 is 14.3 Å². The minimum absolute atomic E-state index is 0.0272. The largest absolute Gasteiger partial charge is 0.497 e. The molecule has 130 valence electrons. The lowest BCUT2D eigenvalue weighted by atomic mass is 10.0. The van der Waals surface area contributed by atoms with Crippen LogP contribution in [0.4, 0.5) is 0 Å². The van der Waals surface area contributed by atoms with Gasteiger partial charge in [-0.15, -0.1) is 11.3 Å². The Hall–Kier alpha value is -2.01. The summed E-state index contributed by atoms with van der Waals surface area (Å²) in [6.07, 6.45) is 0.342. The predicted molar refractivity (Wildman–Crippen MR) is 97.7 cm³/mol. The minimum atomic E-state index is -0.562. The summed E-state index contributed by atoms with van der Waals surface area (Å²) in [5.41, 5.74) is 0. The zero-order valence-electron chi connectivity index (χ0n) is 14.6. The molecule has 24 heavy (non-hydrogen) atoms. The fraction of sp³-hybridized carbons (Fsp3) is 0.421. The minimum Gasteiger partial charge on any atom is -0.497 e. The van der Waals surface area contributed by atoms with Crippen LogP contribution in [0, 0.1) is 5.92 Å². The van der Waals surface area contributed by atoms with Crippen molar-refractivity contribution in [3.05, 3.63) is 46.7 Å². The van der Waals surface area contributed by atoms with Crippen LogP contribution in [0.15, 0.2) is 41.8 Å². The molecule has 0 saturated heterocycles. The van der Waals surface area contributed by atoms with Crippen LogP contribution in [0.1, 0.15) is 38.1 Å². The van der Waals surface area contributed by atoms with Crippen LogP contribution in [0.5, 0.6) is 11.5 Å². The number of hydrogen-bond donors (Lipinski definition) is 1. The van der Waals surface area contributed by atoms with Gasteiger partial charge in [-0.05, 0) is 55.0 Å². The van der Waals surface area contributed by atoms with Crippen LogP contribution in [-0.4, -0.2) is 19.1 Å². The van der Waals surface area contributed by atoms with Crippen LogP contribution in [0.2, 0.25) is 0 Å². The topological polar surface area (TPSA) is 47.6 Å². The number of carbonyl (C=O) groups excluding carboxylic acids is 1. The molecular weight excluding hydrogens is 322 g/mol. The van der Waals surface area contributed by atoms with Crippen molar-refractivity contribution in [3.63, 3.8) is 0 Å². The quantitative estimate of drug-likeness (QED) is 0.768. The van der Waals surface area contributed by atoms with E-state index in [0.29, 0.717) is 11.7 Å². The van der Waals surface area contributed by atoms with E-state index in [1.807, 2.05) is 23.6 Å². The van der Waals surface area contributed by atoms with Gasteiger partial charge in [0.1, 0.15) is 11.5 Å². The van der Waals surface area contributed by atoms with Gasteiger partial charge < -0.3 is 14.8 Å². The van der Waals surface area contributed by atoms with Gasteiger partial charge in [0.05, 0.1) is 13.2 Å². The van der Waals surface area contributed by atoms with Gasteiger partial charge in [0, 0.05) is 4.88 Å². The van der Waals surface area contributed by atoms with E-state index in [0.717, 1.165) is 12.2 Å². The Morgan fingerprint density at radius 3 is 2.33 bits per heavy atom. The molecule has 1 heterocycles. The summed E-state index contributed by atoms with van der Waals surface area (Å²) in [4.78, 5) is 13.7. The maximum Gasteiger partial charge on any atom is 0.261 e. The molecule has 1 aromatic carbocycles. The molecule has 1 amide bonds. The zero-order chi connectivity index (χ0) is 17.5. The molecule has 1 N–H and O–H groups in total. The van der Waals surface area contributed by atoms with Crippen molar-refractivity contribution in [2.24, 2.45) is 5.92 Å². The Balaban J connectivity index is 1.97. The highest BCUT2D eigenvalue weighted by molar-refractivity contribution is 7.10. The van der Waals surface area contributed by atoms with E-state index >= 15 is 0 Å². The van der Waals surface area contributed by atoms with Gasteiger partial charge in [0.15, 0.2) is 6.10 Å². The molecule has 0 bridgehead atoms. The first-order valence-electron chi connectivity index (χ1n) is 8.14. The van der Waals surface area contributed by atoms with E-state index < -0.39 is 6.10 Å². The molecule has 0 aliphatic rings. The highest BCUT2D eigenvalue weighted by Gasteiger charge is 2.21. The Morgan fingerprint density at radius 2 is 1.79 bits per heavy atom. The molecule has 5 heteroatoms. The van der Waals surface area contributed by atoms with Crippen molar-refractivity contribution in [1.82, 2.24) is 5.32 Å². The summed E-state index contributed by atoms with van der Waals surface area (Å²) in [5, 5.41) is 5.15. The number of nitrogens with one attached hydrogen (secondary N) is 1. The molecule has 0 fully saturated rings. The third kappa shape index (κ3) is 5.27. The van der Waals surface area contributed by atoms with Crippen molar-refractivity contribution in [2.45, 2.75) is 39.3 Å². The molecule has 2 atom stereocenters. The molecule has 0 aliphatic carbocycles. The van der Waals surface area contributed by atoms with E-state index in [1.54, 1.807) is 37.5 Å². The average molecular weight is 347 g/mol. The van der Waals surface area contributed by atoms with Gasteiger partial charge in [0.25, 0.3) is 5.91 Å². The third-order valence-corrected chi connectivity index (χ3v) is 4.64. The van der Waals surface area contributed by atoms with Crippen LogP contribution in [0.25, 0.3) is 0 Å². The van der Waals surface area contributed by atoms with Crippen molar-refractivity contribution in [3.8, 4) is 11.5 Å². The number of thiophene rings is 1. The lowest BCUT2D eigenvalue weighted by Crippen LogP contribution is -2.38. The van der Waals surface area contributed by atoms with Gasteiger partial charge in [-0.3, -0.25) is 4.79 Å². The maximum absolute atomic E-state index is 12.5. The molecular formula is C19H25NO3S. The summed E-state index contributed by atoms with van der Waals surface area (Å²) in [6.45, 7) is 6.08. The fourth-order valence-corrected chi connectivity index (χ4v) is 3.20. The Labute approximate surface area is 147 Å².